The number of methoxy groups -OCH3 is 4. The first kappa shape index (κ1) is 26.2. The van der Waals surface area contributed by atoms with Crippen molar-refractivity contribution in [2.45, 2.75) is 0 Å². The molecular weight excluding hydrogens is 484 g/mol. The van der Waals surface area contributed by atoms with Crippen LogP contribution >= 0.6 is 0 Å². The van der Waals surface area contributed by atoms with E-state index < -0.39 is 0 Å². The van der Waals surface area contributed by atoms with Crippen LogP contribution in [0, 0.1) is 0 Å². The molecule has 0 aliphatic heterocycles. The van der Waals surface area contributed by atoms with E-state index in [2.05, 4.69) is 5.32 Å². The Bertz CT molecular complexity index is 1510. The molecule has 0 aliphatic carbocycles. The maximum atomic E-state index is 12.9. The Balaban J connectivity index is 1.58. The van der Waals surface area contributed by atoms with E-state index in [1.54, 1.807) is 33.5 Å². The number of aryl methyl sites for hydroxylation is 1. The number of nitrogens with one attached hydrogen (secondary N) is 1. The Morgan fingerprint density at radius 2 is 1.50 bits per heavy atom. The summed E-state index contributed by atoms with van der Waals surface area (Å²) in [6.45, 7) is 0. The summed E-state index contributed by atoms with van der Waals surface area (Å²) in [7, 11) is 8.04. The van der Waals surface area contributed by atoms with E-state index in [0.29, 0.717) is 34.1 Å². The maximum Gasteiger partial charge on any atom is 0.203 e. The fourth-order valence-electron chi connectivity index (χ4n) is 4.28. The molecule has 8 nitrogen and oxygen atoms in total. The van der Waals surface area contributed by atoms with Crippen molar-refractivity contribution >= 4 is 34.5 Å². The zero-order valence-electron chi connectivity index (χ0n) is 21.9. The molecule has 0 aliphatic rings. The van der Waals surface area contributed by atoms with Gasteiger partial charge in [0, 0.05) is 42.0 Å². The van der Waals surface area contributed by atoms with Gasteiger partial charge in [-0.3, -0.25) is 4.79 Å². The number of phenols is 1. The Kier molecular flexibility index (Phi) is 7.91. The van der Waals surface area contributed by atoms with E-state index in [0.717, 1.165) is 16.5 Å². The third-order valence-corrected chi connectivity index (χ3v) is 6.09. The molecule has 0 radical (unpaired) electrons. The number of anilines is 1. The molecule has 0 unspecified atom stereocenters. The predicted molar refractivity (Wildman–Crippen MR) is 150 cm³/mol. The Labute approximate surface area is 221 Å². The number of fused-ring (bicyclic) bond motifs is 1. The lowest BCUT2D eigenvalue weighted by atomic mass is 10.1. The SMILES string of the molecule is COc1cc(C=Cc2cc(O)c(OC)c(N/C=C\C(=O)c3cn(C)c4ccccc34)c2)cc(OC)c1OC. The van der Waals surface area contributed by atoms with Crippen molar-refractivity contribution in [3.8, 4) is 28.7 Å². The summed E-state index contributed by atoms with van der Waals surface area (Å²) < 4.78 is 23.5. The van der Waals surface area contributed by atoms with E-state index in [1.165, 1.54) is 19.4 Å². The van der Waals surface area contributed by atoms with Crippen LogP contribution in [0.15, 0.2) is 67.0 Å². The summed E-state index contributed by atoms with van der Waals surface area (Å²) in [4.78, 5) is 12.9. The highest BCUT2D eigenvalue weighted by Crippen LogP contribution is 2.39. The Hall–Kier alpha value is -4.85. The number of para-hydroxylation sites is 1. The number of rotatable bonds is 10. The minimum Gasteiger partial charge on any atom is -0.504 e. The number of hydrogen-bond acceptors (Lipinski definition) is 7. The second-order valence-electron chi connectivity index (χ2n) is 8.43. The van der Waals surface area contributed by atoms with Gasteiger partial charge < -0.3 is 33.9 Å². The third kappa shape index (κ3) is 5.29. The molecule has 196 valence electrons. The third-order valence-electron chi connectivity index (χ3n) is 6.09. The minimum absolute atomic E-state index is 0.0455. The van der Waals surface area contributed by atoms with Gasteiger partial charge in [0.15, 0.2) is 28.8 Å². The van der Waals surface area contributed by atoms with Gasteiger partial charge in [0.1, 0.15) is 0 Å². The predicted octanol–water partition coefficient (Wildman–Crippen LogP) is 5.90. The normalized spacial score (nSPS) is 11.3. The molecule has 38 heavy (non-hydrogen) atoms. The van der Waals surface area contributed by atoms with Crippen molar-refractivity contribution in [2.75, 3.05) is 33.8 Å². The van der Waals surface area contributed by atoms with Crippen LogP contribution < -0.4 is 24.3 Å². The van der Waals surface area contributed by atoms with Crippen LogP contribution in [0.5, 0.6) is 28.7 Å². The summed E-state index contributed by atoms with van der Waals surface area (Å²) in [5.41, 5.74) is 3.60. The molecule has 4 aromatic rings. The van der Waals surface area contributed by atoms with Gasteiger partial charge in [-0.1, -0.05) is 30.4 Å². The van der Waals surface area contributed by atoms with E-state index >= 15 is 0 Å². The fraction of sp³-hybridized carbons (Fsp3) is 0.167. The van der Waals surface area contributed by atoms with E-state index in [9.17, 15) is 9.90 Å². The minimum atomic E-state index is -0.143. The molecule has 0 saturated heterocycles. The summed E-state index contributed by atoms with van der Waals surface area (Å²) in [5.74, 6) is 1.65. The second kappa shape index (κ2) is 11.5. The summed E-state index contributed by atoms with van der Waals surface area (Å²) in [6.07, 6.45) is 8.49. The number of ketones is 1. The van der Waals surface area contributed by atoms with Gasteiger partial charge in [-0.15, -0.1) is 0 Å². The number of phenolic OH excluding ortho intramolecular Hbond substituents is 1. The van der Waals surface area contributed by atoms with Gasteiger partial charge in [0.05, 0.1) is 34.1 Å². The van der Waals surface area contributed by atoms with Crippen LogP contribution in [0.1, 0.15) is 21.5 Å². The summed E-state index contributed by atoms with van der Waals surface area (Å²) in [5, 5.41) is 14.5. The van der Waals surface area contributed by atoms with Crippen LogP contribution in [0.3, 0.4) is 0 Å². The monoisotopic (exact) mass is 514 g/mol. The quantitative estimate of drug-likeness (QED) is 0.155. The Morgan fingerprint density at radius 3 is 2.13 bits per heavy atom. The number of carbonyl (C=O) groups is 1. The first-order valence-electron chi connectivity index (χ1n) is 11.8. The highest BCUT2D eigenvalue weighted by molar-refractivity contribution is 6.13. The van der Waals surface area contributed by atoms with Crippen molar-refractivity contribution in [2.24, 2.45) is 7.05 Å². The number of ether oxygens (including phenoxy) is 4. The number of hydrogen-bond donors (Lipinski definition) is 2. The highest BCUT2D eigenvalue weighted by Gasteiger charge is 2.14. The van der Waals surface area contributed by atoms with Gasteiger partial charge in [-0.2, -0.15) is 0 Å². The lowest BCUT2D eigenvalue weighted by molar-refractivity contribution is 0.104. The second-order valence-corrected chi connectivity index (χ2v) is 8.43. The summed E-state index contributed by atoms with van der Waals surface area (Å²) >= 11 is 0. The molecule has 1 heterocycles. The van der Waals surface area contributed by atoms with Gasteiger partial charge in [-0.25, -0.2) is 0 Å². The lowest BCUT2D eigenvalue weighted by Crippen LogP contribution is -1.98. The molecule has 0 spiro atoms. The molecule has 1 aromatic heterocycles. The van der Waals surface area contributed by atoms with Crippen molar-refractivity contribution in [1.29, 1.82) is 0 Å². The van der Waals surface area contributed by atoms with Crippen molar-refractivity contribution in [3.05, 3.63) is 83.7 Å². The standard InChI is InChI=1S/C30H30N2O6/c1-32-18-22(21-8-6-7-9-24(21)32)25(33)12-13-31-23-14-19(15-26(34)29(23)37-4)10-11-20-16-27(35-2)30(38-5)28(17-20)36-3/h6-18,31,34H,1-5H3/b11-10?,13-12-. The molecule has 0 atom stereocenters. The first-order chi connectivity index (χ1) is 18.4. The van der Waals surface area contributed by atoms with E-state index in [4.69, 9.17) is 18.9 Å². The topological polar surface area (TPSA) is 91.2 Å². The molecule has 0 bridgehead atoms. The van der Waals surface area contributed by atoms with Gasteiger partial charge in [0.25, 0.3) is 0 Å². The van der Waals surface area contributed by atoms with E-state index in [1.807, 2.05) is 66.4 Å². The van der Waals surface area contributed by atoms with Crippen molar-refractivity contribution in [3.63, 3.8) is 0 Å². The number of aromatic hydroxyl groups is 1. The largest absolute Gasteiger partial charge is 0.504 e. The molecule has 0 saturated carbocycles. The van der Waals surface area contributed by atoms with Crippen LogP contribution in [0.2, 0.25) is 0 Å². The van der Waals surface area contributed by atoms with Gasteiger partial charge in [0.2, 0.25) is 5.75 Å². The number of allylic oxidation sites excluding steroid dienone is 1. The van der Waals surface area contributed by atoms with Crippen molar-refractivity contribution in [1.82, 2.24) is 4.57 Å². The van der Waals surface area contributed by atoms with Crippen LogP contribution in [-0.4, -0.2) is 43.9 Å². The number of carbonyl (C=O) groups excluding carboxylic acids is 1. The molecule has 0 fully saturated rings. The van der Waals surface area contributed by atoms with E-state index in [-0.39, 0.29) is 17.3 Å². The zero-order chi connectivity index (χ0) is 27.2. The molecule has 2 N–H and O–H groups in total. The molecule has 4 rings (SSSR count). The molecule has 0 amide bonds. The van der Waals surface area contributed by atoms with Crippen molar-refractivity contribution < 1.29 is 28.8 Å². The van der Waals surface area contributed by atoms with Crippen LogP contribution in [0.25, 0.3) is 23.1 Å². The average molecular weight is 515 g/mol. The first-order valence-corrected chi connectivity index (χ1v) is 11.8. The fourth-order valence-corrected chi connectivity index (χ4v) is 4.28. The molecule has 8 heteroatoms. The molecule has 3 aromatic carbocycles. The number of aromatic nitrogens is 1. The van der Waals surface area contributed by atoms with Gasteiger partial charge in [-0.05, 0) is 41.5 Å². The number of nitrogens with zero attached hydrogens (tertiary/aromatic N) is 1. The average Bonchev–Trinajstić information content (AvgIpc) is 3.27. The lowest BCUT2D eigenvalue weighted by Gasteiger charge is -2.13. The molecular formula is C30H30N2O6. The zero-order valence-corrected chi connectivity index (χ0v) is 21.9. The maximum absolute atomic E-state index is 12.9. The summed E-state index contributed by atoms with van der Waals surface area (Å²) in [6, 6.07) is 14.8. The van der Waals surface area contributed by atoms with Crippen LogP contribution in [0.4, 0.5) is 5.69 Å². The number of benzene rings is 3. The van der Waals surface area contributed by atoms with Crippen LogP contribution in [-0.2, 0) is 7.05 Å². The van der Waals surface area contributed by atoms with Gasteiger partial charge >= 0.3 is 0 Å². The Morgan fingerprint density at radius 1 is 0.868 bits per heavy atom. The smallest absolute Gasteiger partial charge is 0.203 e. The highest BCUT2D eigenvalue weighted by atomic mass is 16.5.